The molecular formula is C20H13F3N4O2S. The summed E-state index contributed by atoms with van der Waals surface area (Å²) < 4.78 is 44.5. The maximum Gasteiger partial charge on any atom is 0.387 e. The Morgan fingerprint density at radius 1 is 1.13 bits per heavy atom. The van der Waals surface area contributed by atoms with Crippen LogP contribution in [0.5, 0.6) is 5.75 Å². The minimum Gasteiger partial charge on any atom is -0.434 e. The quantitative estimate of drug-likeness (QED) is 0.468. The third kappa shape index (κ3) is 4.33. The summed E-state index contributed by atoms with van der Waals surface area (Å²) in [6.07, 6.45) is 1.54. The highest BCUT2D eigenvalue weighted by molar-refractivity contribution is 7.14. The number of carbonyl (C=O) groups is 1. The number of anilines is 1. The van der Waals surface area contributed by atoms with E-state index in [9.17, 15) is 18.0 Å². The van der Waals surface area contributed by atoms with Crippen molar-refractivity contribution in [2.45, 2.75) is 6.61 Å². The summed E-state index contributed by atoms with van der Waals surface area (Å²) >= 11 is 1.13. The van der Waals surface area contributed by atoms with E-state index >= 15 is 0 Å². The van der Waals surface area contributed by atoms with Gasteiger partial charge in [-0.05, 0) is 36.4 Å². The molecule has 10 heteroatoms. The Bertz CT molecular complexity index is 1190. The van der Waals surface area contributed by atoms with E-state index in [1.807, 2.05) is 0 Å². The van der Waals surface area contributed by atoms with Crippen LogP contribution in [-0.4, -0.2) is 27.3 Å². The van der Waals surface area contributed by atoms with Crippen LogP contribution in [0.4, 0.5) is 18.3 Å². The van der Waals surface area contributed by atoms with Crippen LogP contribution < -0.4 is 10.1 Å². The van der Waals surface area contributed by atoms with E-state index in [2.05, 4.69) is 20.1 Å². The van der Waals surface area contributed by atoms with E-state index in [1.165, 1.54) is 35.1 Å². The minimum atomic E-state index is -2.96. The van der Waals surface area contributed by atoms with Crippen LogP contribution >= 0.6 is 11.3 Å². The van der Waals surface area contributed by atoms with E-state index in [4.69, 9.17) is 0 Å². The van der Waals surface area contributed by atoms with Crippen molar-refractivity contribution >= 4 is 22.4 Å². The van der Waals surface area contributed by atoms with Gasteiger partial charge in [0.15, 0.2) is 10.8 Å². The largest absolute Gasteiger partial charge is 0.434 e. The molecule has 4 rings (SSSR count). The first-order valence-corrected chi connectivity index (χ1v) is 9.50. The number of amides is 1. The number of nitrogens with zero attached hydrogens (tertiary/aromatic N) is 3. The Kier molecular flexibility index (Phi) is 5.48. The van der Waals surface area contributed by atoms with Crippen LogP contribution in [0, 0.1) is 5.82 Å². The zero-order chi connectivity index (χ0) is 21.1. The fourth-order valence-electron chi connectivity index (χ4n) is 2.70. The normalized spacial score (nSPS) is 10.9. The topological polar surface area (TPSA) is 69.0 Å². The second kappa shape index (κ2) is 8.37. The number of ether oxygens (including phenoxy) is 1. The molecule has 6 nitrogen and oxygen atoms in total. The van der Waals surface area contributed by atoms with Gasteiger partial charge in [-0.15, -0.1) is 11.3 Å². The standard InChI is InChI=1S/C20H13F3N4O2S/c21-12-4-3-5-13(10-12)27-9-8-15(26-27)18(28)25-20-24-16(11-30-20)14-6-1-2-7-17(14)29-19(22)23/h1-11,19H,(H,24,25,28). The van der Waals surface area contributed by atoms with Crippen molar-refractivity contribution in [3.63, 3.8) is 0 Å². The van der Waals surface area contributed by atoms with Gasteiger partial charge in [0.1, 0.15) is 11.6 Å². The molecule has 30 heavy (non-hydrogen) atoms. The van der Waals surface area contributed by atoms with Crippen molar-refractivity contribution in [1.29, 1.82) is 0 Å². The molecular weight excluding hydrogens is 417 g/mol. The molecule has 1 amide bonds. The lowest BCUT2D eigenvalue weighted by molar-refractivity contribution is -0.0494. The first-order valence-electron chi connectivity index (χ1n) is 8.62. The third-order valence-electron chi connectivity index (χ3n) is 4.00. The van der Waals surface area contributed by atoms with Gasteiger partial charge in [0.05, 0.1) is 11.4 Å². The van der Waals surface area contributed by atoms with Crippen LogP contribution in [0.2, 0.25) is 0 Å². The van der Waals surface area contributed by atoms with Gasteiger partial charge in [0.2, 0.25) is 0 Å². The van der Waals surface area contributed by atoms with Crippen molar-refractivity contribution in [1.82, 2.24) is 14.8 Å². The number of thiazole rings is 1. The van der Waals surface area contributed by atoms with Crippen LogP contribution in [0.15, 0.2) is 66.2 Å². The summed E-state index contributed by atoms with van der Waals surface area (Å²) in [5, 5.41) is 8.64. The molecule has 152 valence electrons. The number of benzene rings is 2. The van der Waals surface area contributed by atoms with Crippen LogP contribution in [-0.2, 0) is 0 Å². The minimum absolute atomic E-state index is 0.00971. The molecule has 0 spiro atoms. The molecule has 4 aromatic rings. The average molecular weight is 430 g/mol. The Hall–Kier alpha value is -3.66. The number of nitrogens with one attached hydrogen (secondary N) is 1. The lowest BCUT2D eigenvalue weighted by atomic mass is 10.1. The first kappa shape index (κ1) is 19.6. The monoisotopic (exact) mass is 430 g/mol. The number of hydrogen-bond acceptors (Lipinski definition) is 5. The zero-order valence-electron chi connectivity index (χ0n) is 15.1. The van der Waals surface area contributed by atoms with Crippen molar-refractivity contribution < 1.29 is 22.7 Å². The lowest BCUT2D eigenvalue weighted by Gasteiger charge is -2.08. The molecule has 0 aliphatic carbocycles. The molecule has 2 aromatic heterocycles. The van der Waals surface area contributed by atoms with Gasteiger partial charge in [-0.25, -0.2) is 14.1 Å². The fourth-order valence-corrected chi connectivity index (χ4v) is 3.41. The first-order chi connectivity index (χ1) is 14.5. The highest BCUT2D eigenvalue weighted by Crippen LogP contribution is 2.33. The SMILES string of the molecule is O=C(Nc1nc(-c2ccccc2OC(F)F)cs1)c1ccn(-c2cccc(F)c2)n1. The van der Waals surface area contributed by atoms with Gasteiger partial charge in [-0.1, -0.05) is 18.2 Å². The summed E-state index contributed by atoms with van der Waals surface area (Å²) in [5.74, 6) is -0.937. The van der Waals surface area contributed by atoms with Crippen LogP contribution in [0.25, 0.3) is 16.9 Å². The van der Waals surface area contributed by atoms with Gasteiger partial charge in [-0.2, -0.15) is 13.9 Å². The molecule has 2 aromatic carbocycles. The predicted octanol–water partition coefficient (Wildman–Crippen LogP) is 4.99. The molecule has 0 fully saturated rings. The number of alkyl halides is 2. The van der Waals surface area contributed by atoms with Crippen molar-refractivity contribution in [2.75, 3.05) is 5.32 Å². The number of carbonyl (C=O) groups excluding carboxylic acids is 1. The molecule has 0 saturated heterocycles. The van der Waals surface area contributed by atoms with E-state index in [0.29, 0.717) is 16.9 Å². The summed E-state index contributed by atoms with van der Waals surface area (Å²) in [6.45, 7) is -2.96. The molecule has 0 saturated carbocycles. The second-order valence-corrected chi connectivity index (χ2v) is 6.85. The van der Waals surface area contributed by atoms with Crippen LogP contribution in [0.1, 0.15) is 10.5 Å². The van der Waals surface area contributed by atoms with Crippen LogP contribution in [0.3, 0.4) is 0 Å². The molecule has 0 unspecified atom stereocenters. The zero-order valence-corrected chi connectivity index (χ0v) is 15.9. The van der Waals surface area contributed by atoms with E-state index in [1.54, 1.807) is 35.7 Å². The van der Waals surface area contributed by atoms with Gasteiger partial charge in [0.25, 0.3) is 5.91 Å². The van der Waals surface area contributed by atoms with Gasteiger partial charge in [0, 0.05) is 17.1 Å². The lowest BCUT2D eigenvalue weighted by Crippen LogP contribution is -2.13. The summed E-state index contributed by atoms with van der Waals surface area (Å²) in [7, 11) is 0. The maximum absolute atomic E-state index is 13.4. The molecule has 0 bridgehead atoms. The molecule has 0 aliphatic heterocycles. The third-order valence-corrected chi connectivity index (χ3v) is 4.76. The Morgan fingerprint density at radius 3 is 2.77 bits per heavy atom. The highest BCUT2D eigenvalue weighted by Gasteiger charge is 2.16. The predicted molar refractivity (Wildman–Crippen MR) is 106 cm³/mol. The van der Waals surface area contributed by atoms with E-state index < -0.39 is 18.3 Å². The maximum atomic E-state index is 13.4. The number of aromatic nitrogens is 3. The van der Waals surface area contributed by atoms with E-state index in [-0.39, 0.29) is 16.6 Å². The van der Waals surface area contributed by atoms with Crippen molar-refractivity contribution in [3.05, 3.63) is 77.7 Å². The van der Waals surface area contributed by atoms with Crippen molar-refractivity contribution in [2.24, 2.45) is 0 Å². The molecule has 0 atom stereocenters. The summed E-state index contributed by atoms with van der Waals surface area (Å²) in [6, 6.07) is 13.5. The van der Waals surface area contributed by atoms with E-state index in [0.717, 1.165) is 11.3 Å². The highest BCUT2D eigenvalue weighted by atomic mass is 32.1. The molecule has 2 heterocycles. The average Bonchev–Trinajstić information content (AvgIpc) is 3.38. The molecule has 0 aliphatic rings. The number of rotatable bonds is 6. The Balaban J connectivity index is 1.50. The number of halogens is 3. The van der Waals surface area contributed by atoms with Gasteiger partial charge >= 0.3 is 6.61 Å². The Morgan fingerprint density at radius 2 is 1.97 bits per heavy atom. The number of hydrogen-bond donors (Lipinski definition) is 1. The summed E-state index contributed by atoms with van der Waals surface area (Å²) in [5.41, 5.74) is 1.35. The fraction of sp³-hybridized carbons (Fsp3) is 0.0500. The molecule has 1 N–H and O–H groups in total. The van der Waals surface area contributed by atoms with Gasteiger partial charge < -0.3 is 4.74 Å². The number of para-hydroxylation sites is 1. The van der Waals surface area contributed by atoms with Crippen molar-refractivity contribution in [3.8, 4) is 22.7 Å². The second-order valence-electron chi connectivity index (χ2n) is 5.99. The Labute approximate surface area is 172 Å². The summed E-state index contributed by atoms with van der Waals surface area (Å²) in [4.78, 5) is 16.7. The molecule has 0 radical (unpaired) electrons. The smallest absolute Gasteiger partial charge is 0.387 e. The van der Waals surface area contributed by atoms with Gasteiger partial charge in [-0.3, -0.25) is 10.1 Å².